The van der Waals surface area contributed by atoms with Gasteiger partial charge in [0, 0.05) is 15.8 Å². The van der Waals surface area contributed by atoms with E-state index in [1.165, 1.54) is 9.75 Å². The summed E-state index contributed by atoms with van der Waals surface area (Å²) in [6.07, 6.45) is 2.31. The molecule has 0 aliphatic heterocycles. The van der Waals surface area contributed by atoms with Crippen LogP contribution in [0.5, 0.6) is 0 Å². The Balaban J connectivity index is 1.79. The molecule has 4 heteroatoms. The van der Waals surface area contributed by atoms with Gasteiger partial charge in [-0.1, -0.05) is 6.07 Å². The molecule has 2 aromatic heterocycles. The zero-order valence-electron chi connectivity index (χ0n) is 10.3. The Hall–Kier alpha value is -1.13. The second-order valence-electron chi connectivity index (χ2n) is 4.65. The molecule has 0 unspecified atom stereocenters. The van der Waals surface area contributed by atoms with Gasteiger partial charge in [0.2, 0.25) is 0 Å². The zero-order chi connectivity index (χ0) is 12.5. The predicted molar refractivity (Wildman–Crippen MR) is 76.3 cm³/mol. The van der Waals surface area contributed by atoms with Crippen LogP contribution < -0.4 is 0 Å². The van der Waals surface area contributed by atoms with E-state index in [2.05, 4.69) is 11.4 Å². The number of nitrogens with zero attached hydrogens (tertiary/aromatic N) is 1. The number of aryl methyl sites for hydroxylation is 1. The Morgan fingerprint density at radius 2 is 2.22 bits per heavy atom. The molecule has 0 radical (unpaired) electrons. The third kappa shape index (κ3) is 2.49. The van der Waals surface area contributed by atoms with Gasteiger partial charge in [0.05, 0.1) is 11.4 Å². The monoisotopic (exact) mass is 277 g/mol. The average molecular weight is 277 g/mol. The molecule has 1 aliphatic rings. The summed E-state index contributed by atoms with van der Waals surface area (Å²) >= 11 is 3.32. The van der Waals surface area contributed by atoms with Crippen molar-refractivity contribution in [1.82, 2.24) is 4.90 Å². The standard InChI is InChI=1S/C14H15NOS2/c1-10-4-7-13(18-10)14(16)15(11-5-6-11)9-12-3-2-8-17-12/h2-4,7-8,11H,5-6,9H2,1H3. The number of rotatable bonds is 4. The molecule has 1 saturated carbocycles. The maximum absolute atomic E-state index is 12.5. The van der Waals surface area contributed by atoms with Crippen molar-refractivity contribution in [3.63, 3.8) is 0 Å². The van der Waals surface area contributed by atoms with Crippen LogP contribution in [0.1, 0.15) is 32.3 Å². The van der Waals surface area contributed by atoms with Crippen molar-refractivity contribution in [3.8, 4) is 0 Å². The van der Waals surface area contributed by atoms with Gasteiger partial charge >= 0.3 is 0 Å². The fourth-order valence-corrected chi connectivity index (χ4v) is 3.54. The fraction of sp³-hybridized carbons (Fsp3) is 0.357. The van der Waals surface area contributed by atoms with Crippen LogP contribution in [-0.2, 0) is 6.54 Å². The minimum Gasteiger partial charge on any atom is -0.330 e. The summed E-state index contributed by atoms with van der Waals surface area (Å²) in [6, 6.07) is 8.58. The molecule has 3 rings (SSSR count). The van der Waals surface area contributed by atoms with Crippen LogP contribution in [0.3, 0.4) is 0 Å². The highest BCUT2D eigenvalue weighted by atomic mass is 32.1. The fourth-order valence-electron chi connectivity index (χ4n) is 2.01. The van der Waals surface area contributed by atoms with E-state index >= 15 is 0 Å². The van der Waals surface area contributed by atoms with Crippen molar-refractivity contribution < 1.29 is 4.79 Å². The zero-order valence-corrected chi connectivity index (χ0v) is 11.9. The lowest BCUT2D eigenvalue weighted by atomic mass is 10.3. The lowest BCUT2D eigenvalue weighted by Crippen LogP contribution is -2.31. The first-order chi connectivity index (χ1) is 8.74. The van der Waals surface area contributed by atoms with Crippen molar-refractivity contribution in [1.29, 1.82) is 0 Å². The van der Waals surface area contributed by atoms with Gasteiger partial charge in [-0.15, -0.1) is 22.7 Å². The van der Waals surface area contributed by atoms with Crippen LogP contribution >= 0.6 is 22.7 Å². The molecule has 18 heavy (non-hydrogen) atoms. The number of amides is 1. The lowest BCUT2D eigenvalue weighted by molar-refractivity contribution is 0.0736. The van der Waals surface area contributed by atoms with E-state index in [9.17, 15) is 4.79 Å². The first-order valence-electron chi connectivity index (χ1n) is 6.14. The van der Waals surface area contributed by atoms with E-state index in [1.54, 1.807) is 22.7 Å². The van der Waals surface area contributed by atoms with E-state index in [-0.39, 0.29) is 5.91 Å². The maximum atomic E-state index is 12.5. The highest BCUT2D eigenvalue weighted by Gasteiger charge is 2.33. The molecule has 0 N–H and O–H groups in total. The van der Waals surface area contributed by atoms with Crippen LogP contribution in [0.4, 0.5) is 0 Å². The molecule has 0 saturated heterocycles. The highest BCUT2D eigenvalue weighted by molar-refractivity contribution is 7.14. The summed E-state index contributed by atoms with van der Waals surface area (Å²) in [5.74, 6) is 0.198. The van der Waals surface area contributed by atoms with E-state index in [0.29, 0.717) is 6.04 Å². The van der Waals surface area contributed by atoms with Gasteiger partial charge in [-0.3, -0.25) is 4.79 Å². The predicted octanol–water partition coefficient (Wildman–Crippen LogP) is 3.92. The molecule has 0 spiro atoms. The van der Waals surface area contributed by atoms with E-state index < -0.39 is 0 Å². The third-order valence-electron chi connectivity index (χ3n) is 3.11. The number of hydrogen-bond acceptors (Lipinski definition) is 3. The molecule has 94 valence electrons. The van der Waals surface area contributed by atoms with Gasteiger partial charge < -0.3 is 4.90 Å². The molecule has 0 aromatic carbocycles. The van der Waals surface area contributed by atoms with Gasteiger partial charge in [0.1, 0.15) is 0 Å². The topological polar surface area (TPSA) is 20.3 Å². The van der Waals surface area contributed by atoms with Crippen LogP contribution in [0.2, 0.25) is 0 Å². The smallest absolute Gasteiger partial charge is 0.264 e. The third-order valence-corrected chi connectivity index (χ3v) is 4.96. The van der Waals surface area contributed by atoms with Crippen molar-refractivity contribution >= 4 is 28.6 Å². The Morgan fingerprint density at radius 3 is 2.78 bits per heavy atom. The first kappa shape index (κ1) is 11.9. The van der Waals surface area contributed by atoms with E-state index in [4.69, 9.17) is 0 Å². The van der Waals surface area contributed by atoms with Crippen LogP contribution in [0.15, 0.2) is 29.6 Å². The van der Waals surface area contributed by atoms with Gasteiger partial charge in [-0.2, -0.15) is 0 Å². The van der Waals surface area contributed by atoms with Crippen molar-refractivity contribution in [2.24, 2.45) is 0 Å². The van der Waals surface area contributed by atoms with Crippen LogP contribution in [0, 0.1) is 6.92 Å². The number of carbonyl (C=O) groups is 1. The van der Waals surface area contributed by atoms with Gasteiger partial charge in [0.25, 0.3) is 5.91 Å². The Bertz CT molecular complexity index is 540. The first-order valence-corrected chi connectivity index (χ1v) is 7.83. The molecule has 0 bridgehead atoms. The summed E-state index contributed by atoms with van der Waals surface area (Å²) in [4.78, 5) is 17.9. The largest absolute Gasteiger partial charge is 0.330 e. The minimum atomic E-state index is 0.198. The summed E-state index contributed by atoms with van der Waals surface area (Å²) in [7, 11) is 0. The quantitative estimate of drug-likeness (QED) is 0.829. The molecular weight excluding hydrogens is 262 g/mol. The van der Waals surface area contributed by atoms with E-state index in [0.717, 1.165) is 24.3 Å². The molecule has 2 nitrogen and oxygen atoms in total. The molecular formula is C14H15NOS2. The summed E-state index contributed by atoms with van der Waals surface area (Å²) in [6.45, 7) is 2.81. The van der Waals surface area contributed by atoms with E-state index in [1.807, 2.05) is 30.0 Å². The molecule has 2 aromatic rings. The normalized spacial score (nSPS) is 14.7. The summed E-state index contributed by atoms with van der Waals surface area (Å²) in [5.41, 5.74) is 0. The Labute approximate surface area is 115 Å². The summed E-state index contributed by atoms with van der Waals surface area (Å²) in [5, 5.41) is 2.07. The lowest BCUT2D eigenvalue weighted by Gasteiger charge is -2.21. The SMILES string of the molecule is Cc1ccc(C(=O)N(Cc2cccs2)C2CC2)s1. The average Bonchev–Trinajstić information content (AvgIpc) is 2.88. The van der Waals surface area contributed by atoms with Crippen molar-refractivity contribution in [2.45, 2.75) is 32.4 Å². The molecule has 1 fully saturated rings. The number of carbonyl (C=O) groups excluding carboxylic acids is 1. The Kier molecular flexibility index (Phi) is 3.22. The highest BCUT2D eigenvalue weighted by Crippen LogP contribution is 2.31. The van der Waals surface area contributed by atoms with Gasteiger partial charge in [-0.05, 0) is 43.3 Å². The molecule has 1 amide bonds. The molecule has 0 atom stereocenters. The number of hydrogen-bond donors (Lipinski definition) is 0. The van der Waals surface area contributed by atoms with Gasteiger partial charge in [0.15, 0.2) is 0 Å². The van der Waals surface area contributed by atoms with Gasteiger partial charge in [-0.25, -0.2) is 0 Å². The minimum absolute atomic E-state index is 0.198. The molecule has 1 aliphatic carbocycles. The van der Waals surface area contributed by atoms with Crippen LogP contribution in [0.25, 0.3) is 0 Å². The molecule has 2 heterocycles. The second-order valence-corrected chi connectivity index (χ2v) is 6.97. The Morgan fingerprint density at radius 1 is 1.39 bits per heavy atom. The van der Waals surface area contributed by atoms with Crippen LogP contribution in [-0.4, -0.2) is 16.8 Å². The van der Waals surface area contributed by atoms with Crippen molar-refractivity contribution in [2.75, 3.05) is 0 Å². The number of thiophene rings is 2. The maximum Gasteiger partial charge on any atom is 0.264 e. The van der Waals surface area contributed by atoms with Crippen molar-refractivity contribution in [3.05, 3.63) is 44.3 Å². The summed E-state index contributed by atoms with van der Waals surface area (Å²) < 4.78 is 0. The second kappa shape index (κ2) is 4.86.